The average molecular weight is 715 g/mol. The van der Waals surface area contributed by atoms with Gasteiger partial charge in [-0.3, -0.25) is 0 Å². The molecule has 0 unspecified atom stereocenters. The summed E-state index contributed by atoms with van der Waals surface area (Å²) in [5, 5.41) is 13.3. The first-order chi connectivity index (χ1) is 27.3. The minimum Gasteiger partial charge on any atom is -0.309 e. The molecular formula is C52H34N2Si. The molecule has 3 heteroatoms. The highest BCUT2D eigenvalue weighted by atomic mass is 28.3. The van der Waals surface area contributed by atoms with Gasteiger partial charge < -0.3 is 9.13 Å². The highest BCUT2D eigenvalue weighted by Gasteiger charge is 2.48. The van der Waals surface area contributed by atoms with Crippen LogP contribution in [0.1, 0.15) is 0 Å². The Hall–Kier alpha value is -6.94. The number of fused-ring (bicyclic) bond motifs is 11. The van der Waals surface area contributed by atoms with E-state index in [1.807, 2.05) is 0 Å². The Morgan fingerprint density at radius 1 is 0.309 bits per heavy atom. The van der Waals surface area contributed by atoms with E-state index in [-0.39, 0.29) is 0 Å². The van der Waals surface area contributed by atoms with Gasteiger partial charge in [0.05, 0.1) is 22.1 Å². The number of aromatic nitrogens is 2. The van der Waals surface area contributed by atoms with Crippen LogP contribution in [0.4, 0.5) is 0 Å². The Morgan fingerprint density at radius 2 is 0.818 bits per heavy atom. The molecule has 0 bridgehead atoms. The molecule has 0 radical (unpaired) electrons. The first-order valence-corrected chi connectivity index (χ1v) is 21.1. The van der Waals surface area contributed by atoms with Crippen molar-refractivity contribution in [1.82, 2.24) is 9.13 Å². The number of para-hydroxylation sites is 2. The summed E-state index contributed by atoms with van der Waals surface area (Å²) < 4.78 is 4.96. The van der Waals surface area contributed by atoms with Crippen molar-refractivity contribution < 1.29 is 0 Å². The minimum absolute atomic E-state index is 1.17. The van der Waals surface area contributed by atoms with Crippen molar-refractivity contribution in [3.8, 4) is 22.5 Å². The lowest BCUT2D eigenvalue weighted by molar-refractivity contribution is 1.18. The summed E-state index contributed by atoms with van der Waals surface area (Å²) in [5.74, 6) is 0. The molecule has 55 heavy (non-hydrogen) atoms. The Morgan fingerprint density at radius 3 is 1.47 bits per heavy atom. The van der Waals surface area contributed by atoms with Gasteiger partial charge in [-0.05, 0) is 91.2 Å². The summed E-state index contributed by atoms with van der Waals surface area (Å²) >= 11 is 0. The van der Waals surface area contributed by atoms with E-state index < -0.39 is 8.07 Å². The molecule has 0 amide bonds. The Bertz CT molecular complexity index is 3290. The van der Waals surface area contributed by atoms with Gasteiger partial charge in [0.2, 0.25) is 0 Å². The van der Waals surface area contributed by atoms with Gasteiger partial charge in [0.15, 0.2) is 8.07 Å². The van der Waals surface area contributed by atoms with Crippen molar-refractivity contribution in [2.45, 2.75) is 0 Å². The largest absolute Gasteiger partial charge is 0.309 e. The predicted molar refractivity (Wildman–Crippen MR) is 235 cm³/mol. The van der Waals surface area contributed by atoms with Gasteiger partial charge in [-0.15, -0.1) is 0 Å². The van der Waals surface area contributed by atoms with Gasteiger partial charge in [-0.25, -0.2) is 0 Å². The van der Waals surface area contributed by atoms with Crippen LogP contribution in [0.5, 0.6) is 0 Å². The zero-order chi connectivity index (χ0) is 36.1. The molecule has 0 aliphatic carbocycles. The van der Waals surface area contributed by atoms with Gasteiger partial charge in [-0.2, -0.15) is 0 Å². The fourth-order valence-corrected chi connectivity index (χ4v) is 15.2. The molecule has 2 aromatic heterocycles. The topological polar surface area (TPSA) is 9.86 Å². The number of hydrogen-bond donors (Lipinski definition) is 0. The van der Waals surface area contributed by atoms with E-state index >= 15 is 0 Å². The fourth-order valence-electron chi connectivity index (χ4n) is 9.98. The molecule has 2 nitrogen and oxygen atoms in total. The van der Waals surface area contributed by atoms with Gasteiger partial charge in [-0.1, -0.05) is 158 Å². The first kappa shape index (κ1) is 30.5. The van der Waals surface area contributed by atoms with Crippen LogP contribution >= 0.6 is 0 Å². The highest BCUT2D eigenvalue weighted by molar-refractivity contribution is 7.22. The second-order valence-electron chi connectivity index (χ2n) is 14.8. The van der Waals surface area contributed by atoms with Gasteiger partial charge in [0, 0.05) is 32.9 Å². The first-order valence-electron chi connectivity index (χ1n) is 19.1. The van der Waals surface area contributed by atoms with Crippen LogP contribution in [0, 0.1) is 0 Å². The van der Waals surface area contributed by atoms with Crippen molar-refractivity contribution in [3.05, 3.63) is 206 Å². The van der Waals surface area contributed by atoms with Crippen LogP contribution in [0.3, 0.4) is 0 Å². The van der Waals surface area contributed by atoms with Crippen molar-refractivity contribution in [3.63, 3.8) is 0 Å². The maximum atomic E-state index is 2.51. The molecule has 0 saturated heterocycles. The third kappa shape index (κ3) is 4.13. The van der Waals surface area contributed by atoms with Crippen LogP contribution in [-0.2, 0) is 0 Å². The molecule has 12 rings (SSSR count). The summed E-state index contributed by atoms with van der Waals surface area (Å²) in [5.41, 5.74) is 9.95. The third-order valence-electron chi connectivity index (χ3n) is 12.2. The average Bonchev–Trinajstić information content (AvgIpc) is 3.88. The van der Waals surface area contributed by atoms with Crippen molar-refractivity contribution in [2.75, 3.05) is 0 Å². The van der Waals surface area contributed by atoms with E-state index in [1.165, 1.54) is 97.6 Å². The van der Waals surface area contributed by atoms with E-state index in [0.29, 0.717) is 0 Å². The van der Waals surface area contributed by atoms with Gasteiger partial charge in [0.1, 0.15) is 0 Å². The summed E-state index contributed by atoms with van der Waals surface area (Å²) in [6, 6.07) is 77.1. The quantitative estimate of drug-likeness (QED) is 0.161. The fraction of sp³-hybridized carbons (Fsp3) is 0. The lowest BCUT2D eigenvalue weighted by Gasteiger charge is -2.31. The Kier molecular flexibility index (Phi) is 6.39. The molecule has 0 N–H and O–H groups in total. The maximum Gasteiger partial charge on any atom is 0.180 e. The summed E-state index contributed by atoms with van der Waals surface area (Å²) in [6.07, 6.45) is 0. The van der Waals surface area contributed by atoms with E-state index in [9.17, 15) is 0 Å². The van der Waals surface area contributed by atoms with Crippen molar-refractivity contribution in [2.24, 2.45) is 0 Å². The molecule has 11 aromatic rings. The summed E-state index contributed by atoms with van der Waals surface area (Å²) in [6.45, 7) is 0. The Balaban J connectivity index is 1.15. The van der Waals surface area contributed by atoms with E-state index in [2.05, 4.69) is 215 Å². The van der Waals surface area contributed by atoms with Crippen LogP contribution in [0.15, 0.2) is 206 Å². The van der Waals surface area contributed by atoms with E-state index in [0.717, 1.165) is 0 Å². The monoisotopic (exact) mass is 714 g/mol. The van der Waals surface area contributed by atoms with Crippen molar-refractivity contribution >= 4 is 83.2 Å². The van der Waals surface area contributed by atoms with Crippen molar-refractivity contribution in [1.29, 1.82) is 0 Å². The second kappa shape index (κ2) is 11.5. The number of benzene rings is 9. The number of rotatable bonds is 4. The molecule has 9 aromatic carbocycles. The molecule has 1 aliphatic rings. The van der Waals surface area contributed by atoms with Crippen LogP contribution in [-0.4, -0.2) is 17.2 Å². The summed E-state index contributed by atoms with van der Waals surface area (Å²) in [7, 11) is -2.66. The third-order valence-corrected chi connectivity index (χ3v) is 17.0. The smallest absolute Gasteiger partial charge is 0.180 e. The maximum absolute atomic E-state index is 2.66. The Labute approximate surface area is 319 Å². The second-order valence-corrected chi connectivity index (χ2v) is 18.6. The molecule has 0 saturated carbocycles. The SMILES string of the molecule is c1ccc([Si]2(c3cccc(-n4c5ccccc5c5c6c7ccccc7n(-c7ccc8ccccc8c7)c6ccc54)c3)c3ccccc3-c3ccccc32)cc1. The molecule has 0 atom stereocenters. The minimum atomic E-state index is -2.66. The van der Waals surface area contributed by atoms with Gasteiger partial charge in [0.25, 0.3) is 0 Å². The molecule has 3 heterocycles. The zero-order valence-corrected chi connectivity index (χ0v) is 31.0. The number of hydrogen-bond acceptors (Lipinski definition) is 0. The molecule has 256 valence electrons. The summed E-state index contributed by atoms with van der Waals surface area (Å²) in [4.78, 5) is 0. The predicted octanol–water partition coefficient (Wildman–Crippen LogP) is 10.4. The molecule has 0 spiro atoms. The highest BCUT2D eigenvalue weighted by Crippen LogP contribution is 2.42. The van der Waals surface area contributed by atoms with E-state index in [1.54, 1.807) is 0 Å². The van der Waals surface area contributed by atoms with E-state index in [4.69, 9.17) is 0 Å². The lowest BCUT2D eigenvalue weighted by atomic mass is 10.1. The van der Waals surface area contributed by atoms with Gasteiger partial charge >= 0.3 is 0 Å². The standard InChI is InChI=1S/C52H34N2Si/c1-2-18-39(19-3-1)55(49-27-12-8-21-41(49)42-22-9-13-28-50(42)55)40-20-14-17-37(34-40)53-45-25-10-6-23-43(45)51-47(53)31-32-48-52(51)44-24-7-11-26-46(44)54(48)38-30-29-35-15-4-5-16-36(35)33-38/h1-34H. The normalized spacial score (nSPS) is 13.2. The van der Waals surface area contributed by atoms with Crippen LogP contribution in [0.25, 0.3) is 76.9 Å². The van der Waals surface area contributed by atoms with Crippen LogP contribution in [0.2, 0.25) is 0 Å². The molecular weight excluding hydrogens is 681 g/mol. The zero-order valence-electron chi connectivity index (χ0n) is 30.0. The number of nitrogens with zero attached hydrogens (tertiary/aromatic N) is 2. The van der Waals surface area contributed by atoms with Crippen LogP contribution < -0.4 is 20.7 Å². The molecule has 1 aliphatic heterocycles. The lowest BCUT2D eigenvalue weighted by Crippen LogP contribution is -2.72. The molecule has 0 fully saturated rings.